The number of fused-ring (bicyclic) bond motifs is 1. The van der Waals surface area contributed by atoms with E-state index in [9.17, 15) is 14.4 Å². The maximum absolute atomic E-state index is 12.8. The topological polar surface area (TPSA) is 57.7 Å². The molecule has 110 valence electrons. The molecule has 0 spiro atoms. The zero-order valence-electron chi connectivity index (χ0n) is 12.3. The average Bonchev–Trinajstić information content (AvgIpc) is 2.86. The fourth-order valence-corrected chi connectivity index (χ4v) is 3.14. The van der Waals surface area contributed by atoms with Crippen molar-refractivity contribution in [3.63, 3.8) is 0 Å². The van der Waals surface area contributed by atoms with Gasteiger partial charge in [0, 0.05) is 37.7 Å². The summed E-state index contributed by atoms with van der Waals surface area (Å²) in [5.41, 5.74) is 2.07. The number of carbonyl (C=O) groups is 3. The summed E-state index contributed by atoms with van der Waals surface area (Å²) in [5, 5.41) is 0. The highest BCUT2D eigenvalue weighted by Gasteiger charge is 2.35. The Morgan fingerprint density at radius 2 is 1.95 bits per heavy atom. The first kappa shape index (κ1) is 13.8. The molecule has 1 heterocycles. The second kappa shape index (κ2) is 4.98. The molecule has 0 aromatic heterocycles. The largest absolute Gasteiger partial charge is 0.342 e. The van der Waals surface area contributed by atoms with E-state index in [4.69, 9.17) is 0 Å². The Bertz CT molecular complexity index is 638. The third-order valence-corrected chi connectivity index (χ3v) is 4.45. The third kappa shape index (κ3) is 2.13. The van der Waals surface area contributed by atoms with E-state index >= 15 is 0 Å². The van der Waals surface area contributed by atoms with Crippen LogP contribution in [0.1, 0.15) is 39.6 Å². The van der Waals surface area contributed by atoms with Gasteiger partial charge in [0.1, 0.15) is 6.04 Å². The molecule has 0 saturated carbocycles. The fraction of sp³-hybridized carbons (Fsp3) is 0.438. The SMILES string of the molecule is CC1C(=O)N(C)CCN1C(=O)c1cccc2c1CCC2=O. The third-order valence-electron chi connectivity index (χ3n) is 4.45. The first-order valence-electron chi connectivity index (χ1n) is 7.21. The van der Waals surface area contributed by atoms with Gasteiger partial charge in [0.2, 0.25) is 5.91 Å². The summed E-state index contributed by atoms with van der Waals surface area (Å²) in [6.45, 7) is 2.83. The second-order valence-electron chi connectivity index (χ2n) is 5.69. The van der Waals surface area contributed by atoms with E-state index in [0.717, 1.165) is 5.56 Å². The summed E-state index contributed by atoms with van der Waals surface area (Å²) in [6, 6.07) is 4.83. The maximum atomic E-state index is 12.8. The molecule has 5 heteroatoms. The Morgan fingerprint density at radius 3 is 2.71 bits per heavy atom. The van der Waals surface area contributed by atoms with Gasteiger partial charge in [-0.25, -0.2) is 0 Å². The molecule has 1 unspecified atom stereocenters. The summed E-state index contributed by atoms with van der Waals surface area (Å²) in [7, 11) is 1.75. The van der Waals surface area contributed by atoms with E-state index in [1.807, 2.05) is 0 Å². The summed E-state index contributed by atoms with van der Waals surface area (Å²) < 4.78 is 0. The number of hydrogen-bond donors (Lipinski definition) is 0. The zero-order valence-corrected chi connectivity index (χ0v) is 12.3. The van der Waals surface area contributed by atoms with Crippen LogP contribution in [-0.2, 0) is 11.2 Å². The lowest BCUT2D eigenvalue weighted by Gasteiger charge is -2.37. The van der Waals surface area contributed by atoms with E-state index in [0.29, 0.717) is 37.1 Å². The summed E-state index contributed by atoms with van der Waals surface area (Å²) in [5.74, 6) is -0.0871. The number of amides is 2. The number of hydrogen-bond acceptors (Lipinski definition) is 3. The van der Waals surface area contributed by atoms with Crippen molar-refractivity contribution in [2.45, 2.75) is 25.8 Å². The summed E-state index contributed by atoms with van der Waals surface area (Å²) >= 11 is 0. The number of nitrogens with zero attached hydrogens (tertiary/aromatic N) is 2. The number of Topliss-reactive ketones (excluding diaryl/α,β-unsaturated/α-hetero) is 1. The van der Waals surface area contributed by atoms with Gasteiger partial charge in [0.15, 0.2) is 5.78 Å². The number of benzene rings is 1. The van der Waals surface area contributed by atoms with E-state index in [1.165, 1.54) is 0 Å². The van der Waals surface area contributed by atoms with Gasteiger partial charge in [-0.3, -0.25) is 14.4 Å². The Morgan fingerprint density at radius 1 is 1.19 bits per heavy atom. The lowest BCUT2D eigenvalue weighted by molar-refractivity contribution is -0.137. The molecule has 1 aromatic carbocycles. The highest BCUT2D eigenvalue weighted by Crippen LogP contribution is 2.27. The minimum Gasteiger partial charge on any atom is -0.342 e. The van der Waals surface area contributed by atoms with Crippen molar-refractivity contribution in [3.05, 3.63) is 34.9 Å². The number of piperazine rings is 1. The zero-order chi connectivity index (χ0) is 15.1. The summed E-state index contributed by atoms with van der Waals surface area (Å²) in [6.07, 6.45) is 1.09. The van der Waals surface area contributed by atoms with Crippen molar-refractivity contribution >= 4 is 17.6 Å². The first-order valence-corrected chi connectivity index (χ1v) is 7.21. The van der Waals surface area contributed by atoms with Crippen LogP contribution in [-0.4, -0.2) is 53.6 Å². The molecule has 21 heavy (non-hydrogen) atoms. The molecular formula is C16H18N2O3. The molecule has 1 fully saturated rings. The van der Waals surface area contributed by atoms with Gasteiger partial charge in [-0.2, -0.15) is 0 Å². The molecule has 1 aliphatic heterocycles. The predicted octanol–water partition coefficient (Wildman–Crippen LogP) is 1.12. The Kier molecular flexibility index (Phi) is 3.27. The smallest absolute Gasteiger partial charge is 0.254 e. The van der Waals surface area contributed by atoms with Crippen molar-refractivity contribution in [3.8, 4) is 0 Å². The van der Waals surface area contributed by atoms with Crippen LogP contribution in [0.2, 0.25) is 0 Å². The van der Waals surface area contributed by atoms with Crippen LogP contribution >= 0.6 is 0 Å². The van der Waals surface area contributed by atoms with E-state index in [-0.39, 0.29) is 17.6 Å². The minimum absolute atomic E-state index is 0.0433. The molecule has 2 amide bonds. The molecule has 0 bridgehead atoms. The first-order chi connectivity index (χ1) is 10.0. The molecule has 5 nitrogen and oxygen atoms in total. The van der Waals surface area contributed by atoms with Crippen molar-refractivity contribution in [2.75, 3.05) is 20.1 Å². The van der Waals surface area contributed by atoms with Crippen LogP contribution in [0.5, 0.6) is 0 Å². The standard InChI is InChI=1S/C16H18N2O3/c1-10-15(20)17(2)8-9-18(10)16(21)13-5-3-4-12-11(13)6-7-14(12)19/h3-5,10H,6-9H2,1-2H3. The maximum Gasteiger partial charge on any atom is 0.254 e. The van der Waals surface area contributed by atoms with Crippen LogP contribution in [0.4, 0.5) is 0 Å². The lowest BCUT2D eigenvalue weighted by Crippen LogP contribution is -2.56. The molecular weight excluding hydrogens is 268 g/mol. The van der Waals surface area contributed by atoms with Gasteiger partial charge in [0.05, 0.1) is 0 Å². The van der Waals surface area contributed by atoms with Crippen LogP contribution in [0.25, 0.3) is 0 Å². The Hall–Kier alpha value is -2.17. The van der Waals surface area contributed by atoms with E-state index in [1.54, 1.807) is 42.0 Å². The normalized spacial score (nSPS) is 21.7. The summed E-state index contributed by atoms with van der Waals surface area (Å²) in [4.78, 5) is 39.9. The molecule has 0 radical (unpaired) electrons. The average molecular weight is 286 g/mol. The van der Waals surface area contributed by atoms with Gasteiger partial charge in [0.25, 0.3) is 5.91 Å². The van der Waals surface area contributed by atoms with Crippen LogP contribution in [0, 0.1) is 0 Å². The molecule has 1 aromatic rings. The molecule has 2 aliphatic rings. The van der Waals surface area contributed by atoms with Gasteiger partial charge in [-0.05, 0) is 25.0 Å². The van der Waals surface area contributed by atoms with E-state index in [2.05, 4.69) is 0 Å². The highest BCUT2D eigenvalue weighted by atomic mass is 16.2. The Balaban J connectivity index is 1.93. The number of ketones is 1. The van der Waals surface area contributed by atoms with Gasteiger partial charge < -0.3 is 9.80 Å². The van der Waals surface area contributed by atoms with Crippen LogP contribution in [0.3, 0.4) is 0 Å². The van der Waals surface area contributed by atoms with Crippen LogP contribution in [0.15, 0.2) is 18.2 Å². The number of likely N-dealkylation sites (N-methyl/N-ethyl adjacent to an activating group) is 1. The predicted molar refractivity (Wildman–Crippen MR) is 77.2 cm³/mol. The van der Waals surface area contributed by atoms with Crippen molar-refractivity contribution in [2.24, 2.45) is 0 Å². The van der Waals surface area contributed by atoms with Gasteiger partial charge >= 0.3 is 0 Å². The quantitative estimate of drug-likeness (QED) is 0.777. The molecule has 1 aliphatic carbocycles. The Labute approximate surface area is 123 Å². The fourth-order valence-electron chi connectivity index (χ4n) is 3.14. The van der Waals surface area contributed by atoms with Crippen molar-refractivity contribution in [1.29, 1.82) is 0 Å². The second-order valence-corrected chi connectivity index (χ2v) is 5.69. The van der Waals surface area contributed by atoms with Gasteiger partial charge in [-0.1, -0.05) is 12.1 Å². The van der Waals surface area contributed by atoms with Gasteiger partial charge in [-0.15, -0.1) is 0 Å². The lowest BCUT2D eigenvalue weighted by atomic mass is 10.0. The number of rotatable bonds is 1. The highest BCUT2D eigenvalue weighted by molar-refractivity contribution is 6.06. The molecule has 0 N–H and O–H groups in total. The van der Waals surface area contributed by atoms with Crippen molar-refractivity contribution < 1.29 is 14.4 Å². The molecule has 1 saturated heterocycles. The van der Waals surface area contributed by atoms with Crippen LogP contribution < -0.4 is 0 Å². The van der Waals surface area contributed by atoms with E-state index < -0.39 is 6.04 Å². The molecule has 1 atom stereocenters. The number of carbonyl (C=O) groups excluding carboxylic acids is 3. The monoisotopic (exact) mass is 286 g/mol. The van der Waals surface area contributed by atoms with Crippen molar-refractivity contribution in [1.82, 2.24) is 9.80 Å². The molecule has 3 rings (SSSR count). The minimum atomic E-state index is -0.454.